The lowest BCUT2D eigenvalue weighted by molar-refractivity contribution is -0.142. The largest absolute Gasteiger partial charge is 0.478 e. The van der Waals surface area contributed by atoms with Gasteiger partial charge in [0, 0.05) is 5.02 Å². The Balaban J connectivity index is 2.77. The molecule has 0 amide bonds. The lowest BCUT2D eigenvalue weighted by atomic mass is 10.1. The van der Waals surface area contributed by atoms with Crippen LogP contribution in [-0.4, -0.2) is 23.7 Å². The number of ether oxygens (including phenoxy) is 1. The number of hydrogen-bond acceptors (Lipinski definition) is 3. The van der Waals surface area contributed by atoms with Gasteiger partial charge < -0.3 is 9.84 Å². The summed E-state index contributed by atoms with van der Waals surface area (Å²) in [6.45, 7) is 2.07. The summed E-state index contributed by atoms with van der Waals surface area (Å²) < 4.78 is 4.75. The first-order chi connectivity index (χ1) is 8.54. The first kappa shape index (κ1) is 14.3. The maximum absolute atomic E-state index is 11.1. The summed E-state index contributed by atoms with van der Waals surface area (Å²) in [5, 5.41) is 9.27. The van der Waals surface area contributed by atoms with Crippen LogP contribution in [0, 0.1) is 0 Å². The molecule has 0 radical (unpaired) electrons. The van der Waals surface area contributed by atoms with E-state index in [1.54, 1.807) is 19.1 Å². The minimum absolute atomic E-state index is 0.126. The molecule has 96 valence electrons. The van der Waals surface area contributed by atoms with E-state index in [0.717, 1.165) is 0 Å². The minimum Gasteiger partial charge on any atom is -0.478 e. The summed E-state index contributed by atoms with van der Waals surface area (Å²) in [5.74, 6) is -1.36. The Morgan fingerprint density at radius 1 is 1.44 bits per heavy atom. The van der Waals surface area contributed by atoms with Crippen LogP contribution < -0.4 is 0 Å². The SMILES string of the molecule is CCOC(=O)CC=Cc1cc(C(=O)O)ccc1Cl. The smallest absolute Gasteiger partial charge is 0.335 e. The van der Waals surface area contributed by atoms with Crippen molar-refractivity contribution >= 4 is 29.6 Å². The van der Waals surface area contributed by atoms with E-state index in [9.17, 15) is 9.59 Å². The fourth-order valence-corrected chi connectivity index (χ4v) is 1.49. The van der Waals surface area contributed by atoms with E-state index >= 15 is 0 Å². The van der Waals surface area contributed by atoms with E-state index in [2.05, 4.69) is 0 Å². The van der Waals surface area contributed by atoms with Crippen LogP contribution in [0.5, 0.6) is 0 Å². The summed E-state index contributed by atoms with van der Waals surface area (Å²) in [6.07, 6.45) is 3.32. The summed E-state index contributed by atoms with van der Waals surface area (Å²) in [7, 11) is 0. The molecule has 0 fully saturated rings. The van der Waals surface area contributed by atoms with Gasteiger partial charge in [-0.3, -0.25) is 4.79 Å². The van der Waals surface area contributed by atoms with E-state index in [0.29, 0.717) is 17.2 Å². The van der Waals surface area contributed by atoms with Gasteiger partial charge in [0.1, 0.15) is 0 Å². The van der Waals surface area contributed by atoms with Crippen molar-refractivity contribution in [1.82, 2.24) is 0 Å². The highest BCUT2D eigenvalue weighted by molar-refractivity contribution is 6.32. The molecule has 0 aliphatic heterocycles. The molecule has 1 N–H and O–H groups in total. The Morgan fingerprint density at radius 3 is 2.78 bits per heavy atom. The average molecular weight is 269 g/mol. The molecule has 18 heavy (non-hydrogen) atoms. The van der Waals surface area contributed by atoms with Crippen LogP contribution in [0.1, 0.15) is 29.3 Å². The van der Waals surface area contributed by atoms with E-state index in [1.807, 2.05) is 0 Å². The Morgan fingerprint density at radius 2 is 2.17 bits per heavy atom. The van der Waals surface area contributed by atoms with Gasteiger partial charge in [-0.25, -0.2) is 4.79 Å². The third kappa shape index (κ3) is 4.22. The second-order valence-corrected chi connectivity index (χ2v) is 3.86. The second-order valence-electron chi connectivity index (χ2n) is 3.45. The molecule has 0 heterocycles. The van der Waals surface area contributed by atoms with Crippen LogP contribution in [0.15, 0.2) is 24.3 Å². The number of carbonyl (C=O) groups is 2. The van der Waals surface area contributed by atoms with Crippen LogP contribution >= 0.6 is 11.6 Å². The van der Waals surface area contributed by atoms with Crippen LogP contribution in [0.4, 0.5) is 0 Å². The normalized spacial score (nSPS) is 10.6. The molecular weight excluding hydrogens is 256 g/mol. The summed E-state index contributed by atoms with van der Waals surface area (Å²) >= 11 is 5.92. The molecule has 5 heteroatoms. The molecular formula is C13H13ClO4. The third-order valence-corrected chi connectivity index (χ3v) is 2.47. The van der Waals surface area contributed by atoms with Gasteiger partial charge in [-0.2, -0.15) is 0 Å². The van der Waals surface area contributed by atoms with Crippen LogP contribution in [0.3, 0.4) is 0 Å². The standard InChI is InChI=1S/C13H13ClO4/c1-2-18-12(15)5-3-4-9-8-10(13(16)17)6-7-11(9)14/h3-4,6-8H,2,5H2,1H3,(H,16,17). The minimum atomic E-state index is -1.02. The third-order valence-electron chi connectivity index (χ3n) is 2.13. The van der Waals surface area contributed by atoms with Crippen molar-refractivity contribution in [3.8, 4) is 0 Å². The lowest BCUT2D eigenvalue weighted by Crippen LogP contribution is -2.01. The predicted octanol–water partition coefficient (Wildman–Crippen LogP) is 3.00. The number of aromatic carboxylic acids is 1. The molecule has 0 saturated carbocycles. The molecule has 0 saturated heterocycles. The van der Waals surface area contributed by atoms with E-state index in [1.165, 1.54) is 18.2 Å². The van der Waals surface area contributed by atoms with Gasteiger partial charge in [-0.15, -0.1) is 0 Å². The summed E-state index contributed by atoms with van der Waals surface area (Å²) in [5.41, 5.74) is 0.705. The van der Waals surface area contributed by atoms with E-state index in [-0.39, 0.29) is 18.0 Å². The zero-order chi connectivity index (χ0) is 13.5. The Bertz CT molecular complexity index is 480. The number of hydrogen-bond donors (Lipinski definition) is 1. The maximum atomic E-state index is 11.1. The first-order valence-electron chi connectivity index (χ1n) is 5.39. The molecule has 1 aromatic carbocycles. The van der Waals surface area contributed by atoms with Crippen LogP contribution in [0.2, 0.25) is 5.02 Å². The molecule has 0 aromatic heterocycles. The number of benzene rings is 1. The van der Waals surface area contributed by atoms with Crippen molar-refractivity contribution in [1.29, 1.82) is 0 Å². The van der Waals surface area contributed by atoms with Gasteiger partial charge in [-0.1, -0.05) is 23.8 Å². The molecule has 0 bridgehead atoms. The molecule has 1 aromatic rings. The van der Waals surface area contributed by atoms with Gasteiger partial charge in [0.25, 0.3) is 0 Å². The van der Waals surface area contributed by atoms with Crippen LogP contribution in [-0.2, 0) is 9.53 Å². The molecule has 0 aliphatic carbocycles. The number of carboxylic acids is 1. The van der Waals surface area contributed by atoms with Crippen molar-refractivity contribution in [2.75, 3.05) is 6.61 Å². The Labute approximate surface area is 110 Å². The first-order valence-corrected chi connectivity index (χ1v) is 5.77. The van der Waals surface area contributed by atoms with Crippen molar-refractivity contribution in [3.63, 3.8) is 0 Å². The predicted molar refractivity (Wildman–Crippen MR) is 68.7 cm³/mol. The second kappa shape index (κ2) is 6.81. The van der Waals surface area contributed by atoms with Gasteiger partial charge in [0.05, 0.1) is 18.6 Å². The zero-order valence-corrected chi connectivity index (χ0v) is 10.6. The van der Waals surface area contributed by atoms with Crippen molar-refractivity contribution in [2.24, 2.45) is 0 Å². The highest BCUT2D eigenvalue weighted by Crippen LogP contribution is 2.19. The Hall–Kier alpha value is -1.81. The van der Waals surface area contributed by atoms with E-state index < -0.39 is 5.97 Å². The molecule has 0 aliphatic rings. The highest BCUT2D eigenvalue weighted by Gasteiger charge is 2.05. The van der Waals surface area contributed by atoms with Crippen molar-refractivity contribution < 1.29 is 19.4 Å². The summed E-state index contributed by atoms with van der Waals surface area (Å²) in [6, 6.07) is 4.38. The fraction of sp³-hybridized carbons (Fsp3) is 0.231. The number of esters is 1. The van der Waals surface area contributed by atoms with Crippen LogP contribution in [0.25, 0.3) is 6.08 Å². The Kier molecular flexibility index (Phi) is 5.39. The molecule has 0 spiro atoms. The molecule has 1 rings (SSSR count). The molecule has 4 nitrogen and oxygen atoms in total. The zero-order valence-electron chi connectivity index (χ0n) is 9.85. The fourth-order valence-electron chi connectivity index (χ4n) is 1.31. The topological polar surface area (TPSA) is 63.6 Å². The highest BCUT2D eigenvalue weighted by atomic mass is 35.5. The number of rotatable bonds is 5. The van der Waals surface area contributed by atoms with Gasteiger partial charge in [0.2, 0.25) is 0 Å². The average Bonchev–Trinajstić information content (AvgIpc) is 2.31. The lowest BCUT2D eigenvalue weighted by Gasteiger charge is -2.01. The van der Waals surface area contributed by atoms with Gasteiger partial charge >= 0.3 is 11.9 Å². The maximum Gasteiger partial charge on any atom is 0.335 e. The summed E-state index contributed by atoms with van der Waals surface area (Å²) in [4.78, 5) is 21.9. The number of halogens is 1. The quantitative estimate of drug-likeness (QED) is 0.834. The molecule has 0 atom stereocenters. The van der Waals surface area contributed by atoms with Crippen molar-refractivity contribution in [2.45, 2.75) is 13.3 Å². The molecule has 0 unspecified atom stereocenters. The van der Waals surface area contributed by atoms with Crippen molar-refractivity contribution in [3.05, 3.63) is 40.4 Å². The van der Waals surface area contributed by atoms with Gasteiger partial charge in [-0.05, 0) is 30.7 Å². The van der Waals surface area contributed by atoms with E-state index in [4.69, 9.17) is 21.4 Å². The number of carbonyl (C=O) groups excluding carboxylic acids is 1. The monoisotopic (exact) mass is 268 g/mol. The van der Waals surface area contributed by atoms with Gasteiger partial charge in [0.15, 0.2) is 0 Å². The number of carboxylic acid groups (broad SMARTS) is 1.